The van der Waals surface area contributed by atoms with Crippen molar-refractivity contribution >= 4 is 14.2 Å². The van der Waals surface area contributed by atoms with Crippen LogP contribution < -0.4 is 10.5 Å². The van der Waals surface area contributed by atoms with Crippen molar-refractivity contribution in [1.82, 2.24) is 4.98 Å². The van der Waals surface area contributed by atoms with Gasteiger partial charge in [0.15, 0.2) is 11.6 Å². The van der Waals surface area contributed by atoms with Gasteiger partial charge < -0.3 is 10.5 Å². The second kappa shape index (κ2) is 4.97. The molecule has 0 spiro atoms. The highest BCUT2D eigenvalue weighted by molar-refractivity contribution is 6.83. The van der Waals surface area contributed by atoms with Crippen molar-refractivity contribution in [2.75, 3.05) is 0 Å². The first-order valence-corrected chi connectivity index (χ1v) is 8.44. The van der Waals surface area contributed by atoms with Crippen molar-refractivity contribution in [3.8, 4) is 17.2 Å². The Balaban J connectivity index is 2.97. The van der Waals surface area contributed by atoms with Crippen LogP contribution in [0.25, 0.3) is 0 Å². The van der Waals surface area contributed by atoms with Crippen LogP contribution in [0.5, 0.6) is 5.75 Å². The Kier molecular flexibility index (Phi) is 3.86. The Morgan fingerprint density at radius 2 is 2.18 bits per heavy atom. The number of pyridine rings is 1. The van der Waals surface area contributed by atoms with Gasteiger partial charge in [-0.1, -0.05) is 25.6 Å². The number of hydrogen-bond acceptors (Lipinski definition) is 3. The van der Waals surface area contributed by atoms with E-state index < -0.39 is 20.0 Å². The lowest BCUT2D eigenvalue weighted by atomic mass is 10.3. The fourth-order valence-corrected chi connectivity index (χ4v) is 1.42. The molecule has 0 unspecified atom stereocenters. The Morgan fingerprint density at radius 3 is 2.65 bits per heavy atom. The van der Waals surface area contributed by atoms with Gasteiger partial charge in [-0.05, 0) is 0 Å². The van der Waals surface area contributed by atoms with E-state index in [1.165, 1.54) is 6.20 Å². The Bertz CT molecular complexity index is 500. The average molecular weight is 252 g/mol. The molecule has 0 radical (unpaired) electrons. The van der Waals surface area contributed by atoms with Crippen molar-refractivity contribution in [2.24, 2.45) is 5.73 Å². The molecule has 0 saturated heterocycles. The molecule has 0 aliphatic rings. The van der Waals surface area contributed by atoms with Crippen LogP contribution in [0.15, 0.2) is 12.3 Å². The molecule has 1 aromatic rings. The van der Waals surface area contributed by atoms with E-state index in [2.05, 4.69) is 21.2 Å². The first-order chi connectivity index (χ1) is 7.78. The molecule has 1 aromatic heterocycles. The van der Waals surface area contributed by atoms with Gasteiger partial charge in [0.2, 0.25) is 0 Å². The molecular weight excluding hydrogens is 239 g/mol. The molecule has 0 saturated carbocycles. The lowest BCUT2D eigenvalue weighted by molar-refractivity contribution is 0.210. The monoisotopic (exact) mass is 252 g/mol. The van der Waals surface area contributed by atoms with Crippen molar-refractivity contribution < 1.29 is 13.9 Å². The summed E-state index contributed by atoms with van der Waals surface area (Å²) in [5.41, 5.74) is 7.83. The van der Waals surface area contributed by atoms with Gasteiger partial charge in [0.1, 0.15) is 13.8 Å². The van der Waals surface area contributed by atoms with E-state index in [0.29, 0.717) is 0 Å². The maximum absolute atomic E-state index is 13.5. The molecule has 0 aliphatic carbocycles. The predicted octanol–water partition coefficient (Wildman–Crippen LogP) is 1.91. The van der Waals surface area contributed by atoms with Gasteiger partial charge in [0.25, 0.3) is 0 Å². The molecule has 0 fully saturated rings. The molecular formula is C11H13FN2O2Si. The second-order valence-corrected chi connectivity index (χ2v) is 9.17. The Hall–Kier alpha value is -1.87. The van der Waals surface area contributed by atoms with Crippen LogP contribution in [-0.4, -0.2) is 19.2 Å². The van der Waals surface area contributed by atoms with Gasteiger partial charge in [-0.3, -0.25) is 0 Å². The molecule has 6 heteroatoms. The minimum atomic E-state index is -1.58. The van der Waals surface area contributed by atoms with Gasteiger partial charge in [-0.25, -0.2) is 14.2 Å². The maximum atomic E-state index is 13.5. The first kappa shape index (κ1) is 13.2. The topological polar surface area (TPSA) is 65.2 Å². The minimum Gasteiger partial charge on any atom is -0.409 e. The van der Waals surface area contributed by atoms with Gasteiger partial charge in [0.05, 0.1) is 6.20 Å². The number of carbonyl (C=O) groups is 1. The number of carbonyl (C=O) groups excluding carboxylic acids is 1. The molecule has 0 aromatic carbocycles. The lowest BCUT2D eigenvalue weighted by Gasteiger charge is -2.04. The van der Waals surface area contributed by atoms with E-state index in [-0.39, 0.29) is 11.4 Å². The highest BCUT2D eigenvalue weighted by atomic mass is 28.3. The van der Waals surface area contributed by atoms with Crippen molar-refractivity contribution in [2.45, 2.75) is 19.6 Å². The van der Waals surface area contributed by atoms with Crippen LogP contribution in [0.4, 0.5) is 9.18 Å². The summed E-state index contributed by atoms with van der Waals surface area (Å²) in [6, 6.07) is 1.03. The van der Waals surface area contributed by atoms with Crippen molar-refractivity contribution in [3.05, 3.63) is 23.8 Å². The van der Waals surface area contributed by atoms with E-state index in [1.807, 2.05) is 19.6 Å². The van der Waals surface area contributed by atoms with Crippen LogP contribution in [-0.2, 0) is 0 Å². The molecule has 2 N–H and O–H groups in total. The SMILES string of the molecule is C[Si](C)(C)C#Cc1ncc(OC(N)=O)cc1F. The summed E-state index contributed by atoms with van der Waals surface area (Å²) in [4.78, 5) is 14.2. The van der Waals surface area contributed by atoms with E-state index in [4.69, 9.17) is 5.73 Å². The fourth-order valence-electron chi connectivity index (χ4n) is 0.931. The smallest absolute Gasteiger partial charge is 0.409 e. The Labute approximate surface area is 100 Å². The minimum absolute atomic E-state index is 0.0337. The summed E-state index contributed by atoms with van der Waals surface area (Å²) < 4.78 is 18.0. The van der Waals surface area contributed by atoms with E-state index >= 15 is 0 Å². The zero-order valence-corrected chi connectivity index (χ0v) is 10.9. The molecule has 17 heavy (non-hydrogen) atoms. The molecule has 0 aliphatic heterocycles. The van der Waals surface area contributed by atoms with Gasteiger partial charge >= 0.3 is 6.09 Å². The molecule has 0 atom stereocenters. The summed E-state index contributed by atoms with van der Waals surface area (Å²) in [7, 11) is -1.58. The quantitative estimate of drug-likeness (QED) is 0.613. The third-order valence-corrected chi connectivity index (χ3v) is 2.47. The van der Waals surface area contributed by atoms with Crippen molar-refractivity contribution in [1.29, 1.82) is 0 Å². The van der Waals surface area contributed by atoms with Gasteiger partial charge in [-0.2, -0.15) is 0 Å². The van der Waals surface area contributed by atoms with Crippen LogP contribution in [0, 0.1) is 17.3 Å². The third-order valence-electron chi connectivity index (χ3n) is 1.59. The standard InChI is InChI=1S/C11H13FN2O2Si/c1-17(2,3)5-4-10-9(12)6-8(7-14-10)16-11(13)15/h6-7H,1-3H3,(H2,13,15). The number of nitrogens with zero attached hydrogens (tertiary/aromatic N) is 1. The summed E-state index contributed by atoms with van der Waals surface area (Å²) >= 11 is 0. The van der Waals surface area contributed by atoms with Crippen LogP contribution in [0.2, 0.25) is 19.6 Å². The van der Waals surface area contributed by atoms with E-state index in [9.17, 15) is 9.18 Å². The largest absolute Gasteiger partial charge is 0.410 e. The molecule has 90 valence electrons. The van der Waals surface area contributed by atoms with Gasteiger partial charge in [-0.15, -0.1) is 5.54 Å². The number of hydrogen-bond donors (Lipinski definition) is 1. The molecule has 4 nitrogen and oxygen atoms in total. The summed E-state index contributed by atoms with van der Waals surface area (Å²) in [5, 5.41) is 0. The zero-order valence-electron chi connectivity index (χ0n) is 9.87. The third kappa shape index (κ3) is 4.65. The fraction of sp³-hybridized carbons (Fsp3) is 0.273. The van der Waals surface area contributed by atoms with Crippen LogP contribution in [0.3, 0.4) is 0 Å². The summed E-state index contributed by atoms with van der Waals surface area (Å²) in [5.74, 6) is 2.02. The van der Waals surface area contributed by atoms with Crippen LogP contribution >= 0.6 is 0 Å². The van der Waals surface area contributed by atoms with Crippen LogP contribution in [0.1, 0.15) is 5.69 Å². The molecule has 0 bridgehead atoms. The molecule has 1 heterocycles. The number of nitrogens with two attached hydrogens (primary N) is 1. The first-order valence-electron chi connectivity index (χ1n) is 4.94. The maximum Gasteiger partial charge on any atom is 0.410 e. The zero-order chi connectivity index (χ0) is 13.1. The molecule has 1 rings (SSSR count). The lowest BCUT2D eigenvalue weighted by Crippen LogP contribution is -2.17. The number of halogens is 1. The number of aromatic nitrogens is 1. The Morgan fingerprint density at radius 1 is 1.53 bits per heavy atom. The van der Waals surface area contributed by atoms with Gasteiger partial charge in [0, 0.05) is 6.07 Å². The molecule has 1 amide bonds. The number of primary amides is 1. The summed E-state index contributed by atoms with van der Waals surface area (Å²) in [6.07, 6.45) is 0.203. The summed E-state index contributed by atoms with van der Waals surface area (Å²) in [6.45, 7) is 6.13. The number of rotatable bonds is 1. The highest BCUT2D eigenvalue weighted by Crippen LogP contribution is 2.13. The van der Waals surface area contributed by atoms with E-state index in [0.717, 1.165) is 6.07 Å². The van der Waals surface area contributed by atoms with Crippen molar-refractivity contribution in [3.63, 3.8) is 0 Å². The number of ether oxygens (including phenoxy) is 1. The highest BCUT2D eigenvalue weighted by Gasteiger charge is 2.09. The normalized spacial score (nSPS) is 10.4. The predicted molar refractivity (Wildman–Crippen MR) is 64.6 cm³/mol. The number of amides is 1. The van der Waals surface area contributed by atoms with E-state index in [1.54, 1.807) is 0 Å². The average Bonchev–Trinajstić information content (AvgIpc) is 2.13. The second-order valence-electron chi connectivity index (χ2n) is 4.42.